The Hall–Kier alpha value is -1.73. The number of β-lactam (4-membered cyclic amide) rings is 1. The summed E-state index contributed by atoms with van der Waals surface area (Å²) in [5.41, 5.74) is 4.18. The van der Waals surface area contributed by atoms with Gasteiger partial charge in [0.05, 0.1) is 0 Å². The van der Waals surface area contributed by atoms with Crippen LogP contribution in [0.1, 0.15) is 11.8 Å². The van der Waals surface area contributed by atoms with Gasteiger partial charge in [-0.15, -0.1) is 11.3 Å². The smallest absolute Gasteiger partial charge is 0.248 e. The van der Waals surface area contributed by atoms with Gasteiger partial charge in [0, 0.05) is 17.8 Å². The van der Waals surface area contributed by atoms with Gasteiger partial charge in [0.25, 0.3) is 0 Å². The summed E-state index contributed by atoms with van der Waals surface area (Å²) in [5, 5.41) is 6.83. The van der Waals surface area contributed by atoms with Gasteiger partial charge in [-0.1, -0.05) is 6.07 Å². The van der Waals surface area contributed by atoms with Crippen LogP contribution in [-0.4, -0.2) is 35.7 Å². The van der Waals surface area contributed by atoms with Gasteiger partial charge in [-0.2, -0.15) is 0 Å². The summed E-state index contributed by atoms with van der Waals surface area (Å²) in [6.07, 6.45) is 0.120. The van der Waals surface area contributed by atoms with Crippen molar-refractivity contribution < 1.29 is 14.4 Å². The molecule has 0 saturated carbocycles. The van der Waals surface area contributed by atoms with Gasteiger partial charge in [0.15, 0.2) is 11.3 Å². The Morgan fingerprint density at radius 1 is 1.63 bits per heavy atom. The SMILES string of the molecule is C[C@@](N)(C(=O)Cc1cccs1)C(=O)NC1CNC1=O. The van der Waals surface area contributed by atoms with Crippen molar-refractivity contribution in [2.75, 3.05) is 6.54 Å². The van der Waals surface area contributed by atoms with E-state index in [0.717, 1.165) is 4.88 Å². The molecule has 102 valence electrons. The van der Waals surface area contributed by atoms with Crippen LogP contribution in [0.15, 0.2) is 17.5 Å². The van der Waals surface area contributed by atoms with E-state index in [1.54, 1.807) is 0 Å². The summed E-state index contributed by atoms with van der Waals surface area (Å²) < 4.78 is 0. The van der Waals surface area contributed by atoms with Crippen LogP contribution in [0.2, 0.25) is 0 Å². The molecular formula is C12H15N3O3S. The van der Waals surface area contributed by atoms with Crippen molar-refractivity contribution >= 4 is 28.9 Å². The molecule has 0 aromatic carbocycles. The van der Waals surface area contributed by atoms with Crippen LogP contribution < -0.4 is 16.4 Å². The van der Waals surface area contributed by atoms with Gasteiger partial charge in [0.1, 0.15) is 6.04 Å². The van der Waals surface area contributed by atoms with Crippen molar-refractivity contribution in [3.05, 3.63) is 22.4 Å². The normalized spacial score (nSPS) is 20.9. The zero-order valence-electron chi connectivity index (χ0n) is 10.4. The Labute approximate surface area is 114 Å². The number of carbonyl (C=O) groups is 3. The minimum Gasteiger partial charge on any atom is -0.352 e. The second-order valence-corrected chi connectivity index (χ2v) is 5.69. The van der Waals surface area contributed by atoms with E-state index in [4.69, 9.17) is 5.73 Å². The molecule has 0 aliphatic carbocycles. The fraction of sp³-hybridized carbons (Fsp3) is 0.417. The molecule has 2 atom stereocenters. The fourth-order valence-corrected chi connectivity index (χ4v) is 2.30. The zero-order valence-corrected chi connectivity index (χ0v) is 11.3. The number of thiophene rings is 1. The Kier molecular flexibility index (Phi) is 3.68. The van der Waals surface area contributed by atoms with Crippen LogP contribution in [0.3, 0.4) is 0 Å². The van der Waals surface area contributed by atoms with Crippen molar-refractivity contribution in [3.63, 3.8) is 0 Å². The van der Waals surface area contributed by atoms with Crippen molar-refractivity contribution in [1.29, 1.82) is 0 Å². The number of nitrogens with one attached hydrogen (secondary N) is 2. The molecule has 1 aliphatic heterocycles. The Morgan fingerprint density at radius 2 is 2.37 bits per heavy atom. The predicted octanol–water partition coefficient (Wildman–Crippen LogP) is -0.808. The molecular weight excluding hydrogens is 266 g/mol. The van der Waals surface area contributed by atoms with Crippen molar-refractivity contribution in [2.45, 2.75) is 24.9 Å². The minimum absolute atomic E-state index is 0.120. The van der Waals surface area contributed by atoms with E-state index in [-0.39, 0.29) is 18.1 Å². The number of rotatable bonds is 5. The van der Waals surface area contributed by atoms with Crippen LogP contribution in [0, 0.1) is 0 Å². The first-order valence-electron chi connectivity index (χ1n) is 5.84. The Balaban J connectivity index is 1.97. The summed E-state index contributed by atoms with van der Waals surface area (Å²) in [5.74, 6) is -1.24. The summed E-state index contributed by atoms with van der Waals surface area (Å²) in [4.78, 5) is 35.9. The van der Waals surface area contributed by atoms with Gasteiger partial charge in [0.2, 0.25) is 11.8 Å². The summed E-state index contributed by atoms with van der Waals surface area (Å²) in [6.45, 7) is 1.74. The van der Waals surface area contributed by atoms with E-state index >= 15 is 0 Å². The van der Waals surface area contributed by atoms with Gasteiger partial charge in [-0.3, -0.25) is 14.4 Å². The molecule has 1 aromatic heterocycles. The molecule has 1 saturated heterocycles. The monoisotopic (exact) mass is 281 g/mol. The first kappa shape index (κ1) is 13.7. The van der Waals surface area contributed by atoms with Crippen molar-refractivity contribution in [3.8, 4) is 0 Å². The minimum atomic E-state index is -1.63. The third kappa shape index (κ3) is 2.82. The number of amides is 2. The lowest BCUT2D eigenvalue weighted by molar-refractivity contribution is -0.139. The number of hydrogen-bond donors (Lipinski definition) is 3. The standard InChI is InChI=1S/C12H15N3O3S/c1-12(13,9(16)5-7-3-2-4-19-7)11(18)15-8-6-14-10(8)17/h2-4,8H,5-6,13H2,1H3,(H,14,17)(H,15,18)/t8?,12-/m1/s1. The molecule has 1 unspecified atom stereocenters. The second kappa shape index (κ2) is 5.10. The molecule has 0 spiro atoms. The number of ketones is 1. The highest BCUT2D eigenvalue weighted by Crippen LogP contribution is 2.14. The van der Waals surface area contributed by atoms with Crippen molar-refractivity contribution in [2.24, 2.45) is 5.73 Å². The van der Waals surface area contributed by atoms with E-state index in [2.05, 4.69) is 10.6 Å². The van der Waals surface area contributed by atoms with Gasteiger partial charge < -0.3 is 16.4 Å². The largest absolute Gasteiger partial charge is 0.352 e. The van der Waals surface area contributed by atoms with Gasteiger partial charge >= 0.3 is 0 Å². The van der Waals surface area contributed by atoms with Gasteiger partial charge in [-0.05, 0) is 18.4 Å². The van der Waals surface area contributed by atoms with E-state index in [1.165, 1.54) is 18.3 Å². The molecule has 2 rings (SSSR count). The van der Waals surface area contributed by atoms with Crippen molar-refractivity contribution in [1.82, 2.24) is 10.6 Å². The van der Waals surface area contributed by atoms with Crippen LogP contribution in [0.4, 0.5) is 0 Å². The number of carbonyl (C=O) groups excluding carboxylic acids is 3. The lowest BCUT2D eigenvalue weighted by Gasteiger charge is -2.30. The van der Waals surface area contributed by atoms with Gasteiger partial charge in [-0.25, -0.2) is 0 Å². The first-order valence-corrected chi connectivity index (χ1v) is 6.72. The Morgan fingerprint density at radius 3 is 2.84 bits per heavy atom. The molecule has 2 heterocycles. The maximum Gasteiger partial charge on any atom is 0.248 e. The highest BCUT2D eigenvalue weighted by molar-refractivity contribution is 7.10. The molecule has 2 amide bonds. The molecule has 0 radical (unpaired) electrons. The maximum atomic E-state index is 12.1. The number of hydrogen-bond acceptors (Lipinski definition) is 5. The molecule has 1 aromatic rings. The predicted molar refractivity (Wildman–Crippen MR) is 70.6 cm³/mol. The first-order chi connectivity index (χ1) is 8.91. The van der Waals surface area contributed by atoms with E-state index in [1.807, 2.05) is 17.5 Å². The Bertz CT molecular complexity index is 510. The third-order valence-corrected chi connectivity index (χ3v) is 3.94. The maximum absolute atomic E-state index is 12.1. The van der Waals surface area contributed by atoms with Crippen LogP contribution >= 0.6 is 11.3 Å². The molecule has 0 bridgehead atoms. The van der Waals surface area contributed by atoms with Crippen LogP contribution in [0.25, 0.3) is 0 Å². The molecule has 6 nitrogen and oxygen atoms in total. The quantitative estimate of drug-likeness (QED) is 0.485. The molecule has 4 N–H and O–H groups in total. The summed E-state index contributed by atoms with van der Waals surface area (Å²) >= 11 is 1.44. The van der Waals surface area contributed by atoms with Crippen LogP contribution in [0.5, 0.6) is 0 Å². The average Bonchev–Trinajstić information content (AvgIpc) is 2.86. The van der Waals surface area contributed by atoms with E-state index in [0.29, 0.717) is 6.54 Å². The third-order valence-electron chi connectivity index (χ3n) is 3.07. The summed E-state index contributed by atoms with van der Waals surface area (Å²) in [7, 11) is 0. The molecule has 7 heteroatoms. The van der Waals surface area contributed by atoms with Crippen LogP contribution in [-0.2, 0) is 20.8 Å². The fourth-order valence-electron chi connectivity index (χ4n) is 1.59. The number of nitrogens with two attached hydrogens (primary N) is 1. The van der Waals surface area contributed by atoms with E-state index in [9.17, 15) is 14.4 Å². The lowest BCUT2D eigenvalue weighted by atomic mass is 9.93. The number of Topliss-reactive ketones (excluding diaryl/α,β-unsaturated/α-hetero) is 1. The molecule has 19 heavy (non-hydrogen) atoms. The second-order valence-electron chi connectivity index (χ2n) is 4.65. The highest BCUT2D eigenvalue weighted by Gasteiger charge is 2.40. The topological polar surface area (TPSA) is 101 Å². The summed E-state index contributed by atoms with van der Waals surface area (Å²) in [6, 6.07) is 3.07. The molecule has 1 fully saturated rings. The van der Waals surface area contributed by atoms with E-state index < -0.39 is 17.5 Å². The average molecular weight is 281 g/mol. The zero-order chi connectivity index (χ0) is 14.0. The molecule has 1 aliphatic rings. The lowest BCUT2D eigenvalue weighted by Crippen LogP contribution is -2.67. The highest BCUT2D eigenvalue weighted by atomic mass is 32.1.